The Labute approximate surface area is 79.3 Å². The fourth-order valence-electron chi connectivity index (χ4n) is 0.716. The van der Waals surface area contributed by atoms with Gasteiger partial charge in [0.15, 0.2) is 0 Å². The standard InChI is InChI=1S/C7H12F3NO3/c1-11(3-2-6(12)13)4-5-14-7(8,9)10/h2-5H2,1H3,(H,12,13). The van der Waals surface area contributed by atoms with Crippen LogP contribution in [-0.2, 0) is 9.53 Å². The fourth-order valence-corrected chi connectivity index (χ4v) is 0.716. The molecule has 0 aliphatic heterocycles. The number of aliphatic carboxylic acids is 1. The van der Waals surface area contributed by atoms with E-state index in [9.17, 15) is 18.0 Å². The number of hydrogen-bond acceptors (Lipinski definition) is 3. The molecule has 0 saturated heterocycles. The summed E-state index contributed by atoms with van der Waals surface area (Å²) in [6.07, 6.45) is -4.71. The normalized spacial score (nSPS) is 12.1. The third kappa shape index (κ3) is 9.27. The maximum Gasteiger partial charge on any atom is 0.522 e. The highest BCUT2D eigenvalue weighted by molar-refractivity contribution is 5.66. The molecule has 1 N–H and O–H groups in total. The zero-order valence-corrected chi connectivity index (χ0v) is 7.67. The summed E-state index contributed by atoms with van der Waals surface area (Å²) >= 11 is 0. The van der Waals surface area contributed by atoms with Gasteiger partial charge in [-0.3, -0.25) is 9.53 Å². The highest BCUT2D eigenvalue weighted by atomic mass is 19.4. The summed E-state index contributed by atoms with van der Waals surface area (Å²) in [4.78, 5) is 11.6. The minimum Gasteiger partial charge on any atom is -0.481 e. The number of rotatable bonds is 6. The van der Waals surface area contributed by atoms with E-state index < -0.39 is 18.9 Å². The summed E-state index contributed by atoms with van der Waals surface area (Å²) in [6.45, 7) is -0.233. The molecule has 0 rings (SSSR count). The quantitative estimate of drug-likeness (QED) is 0.716. The Balaban J connectivity index is 3.45. The van der Waals surface area contributed by atoms with Gasteiger partial charge in [-0.25, -0.2) is 0 Å². The molecule has 0 saturated carbocycles. The lowest BCUT2D eigenvalue weighted by Crippen LogP contribution is -2.28. The van der Waals surface area contributed by atoms with Gasteiger partial charge >= 0.3 is 12.3 Å². The van der Waals surface area contributed by atoms with Crippen LogP contribution >= 0.6 is 0 Å². The lowest BCUT2D eigenvalue weighted by Gasteiger charge is -2.15. The van der Waals surface area contributed by atoms with Crippen molar-refractivity contribution >= 4 is 5.97 Å². The van der Waals surface area contributed by atoms with E-state index in [2.05, 4.69) is 4.74 Å². The smallest absolute Gasteiger partial charge is 0.481 e. The Morgan fingerprint density at radius 2 is 2.00 bits per heavy atom. The number of alkyl halides is 3. The lowest BCUT2D eigenvalue weighted by atomic mass is 10.4. The molecule has 0 unspecified atom stereocenters. The average Bonchev–Trinajstić information content (AvgIpc) is 1.98. The molecule has 7 heteroatoms. The summed E-state index contributed by atoms with van der Waals surface area (Å²) < 4.78 is 38.0. The first-order valence-corrected chi connectivity index (χ1v) is 3.92. The minimum atomic E-state index is -4.62. The molecule has 0 radical (unpaired) electrons. The van der Waals surface area contributed by atoms with Crippen molar-refractivity contribution in [2.24, 2.45) is 0 Å². The molecule has 0 aliphatic rings. The number of likely N-dealkylation sites (N-methyl/N-ethyl adjacent to an activating group) is 1. The number of hydrogen-bond donors (Lipinski definition) is 1. The third-order valence-corrected chi connectivity index (χ3v) is 1.45. The molecule has 0 atom stereocenters. The van der Waals surface area contributed by atoms with Crippen molar-refractivity contribution in [1.29, 1.82) is 0 Å². The van der Waals surface area contributed by atoms with Gasteiger partial charge in [-0.2, -0.15) is 0 Å². The summed E-state index contributed by atoms with van der Waals surface area (Å²) in [6, 6.07) is 0. The molecule has 4 nitrogen and oxygen atoms in total. The zero-order chi connectivity index (χ0) is 11.2. The van der Waals surface area contributed by atoms with Crippen molar-refractivity contribution in [3.63, 3.8) is 0 Å². The first kappa shape index (κ1) is 13.2. The van der Waals surface area contributed by atoms with Gasteiger partial charge in [0, 0.05) is 13.1 Å². The van der Waals surface area contributed by atoms with Crippen LogP contribution in [0.1, 0.15) is 6.42 Å². The van der Waals surface area contributed by atoms with Gasteiger partial charge in [-0.1, -0.05) is 0 Å². The number of halogens is 3. The van der Waals surface area contributed by atoms with Crippen LogP contribution in [-0.4, -0.2) is 49.1 Å². The zero-order valence-electron chi connectivity index (χ0n) is 7.67. The predicted molar refractivity (Wildman–Crippen MR) is 41.8 cm³/mol. The molecule has 0 aliphatic carbocycles. The van der Waals surface area contributed by atoms with Crippen molar-refractivity contribution in [2.45, 2.75) is 12.8 Å². The molecule has 0 fully saturated rings. The molecule has 0 spiro atoms. The molecule has 0 heterocycles. The van der Waals surface area contributed by atoms with Gasteiger partial charge in [0.25, 0.3) is 0 Å². The van der Waals surface area contributed by atoms with Gasteiger partial charge < -0.3 is 10.0 Å². The molecule has 0 bridgehead atoms. The SMILES string of the molecule is CN(CCOC(F)(F)F)CCC(=O)O. The van der Waals surface area contributed by atoms with Crippen molar-refractivity contribution in [3.05, 3.63) is 0 Å². The van der Waals surface area contributed by atoms with E-state index in [0.29, 0.717) is 0 Å². The van der Waals surface area contributed by atoms with Gasteiger partial charge in [0.05, 0.1) is 13.0 Å². The van der Waals surface area contributed by atoms with Gasteiger partial charge in [-0.15, -0.1) is 13.2 Å². The van der Waals surface area contributed by atoms with Crippen LogP contribution in [0.4, 0.5) is 13.2 Å². The number of carboxylic acids is 1. The maximum absolute atomic E-state index is 11.5. The second-order valence-corrected chi connectivity index (χ2v) is 2.74. The summed E-state index contributed by atoms with van der Waals surface area (Å²) in [5, 5.41) is 8.28. The second-order valence-electron chi connectivity index (χ2n) is 2.74. The molecule has 0 aromatic carbocycles. The monoisotopic (exact) mass is 215 g/mol. The van der Waals surface area contributed by atoms with Crippen LogP contribution < -0.4 is 0 Å². The molecule has 0 amide bonds. The lowest BCUT2D eigenvalue weighted by molar-refractivity contribution is -0.324. The van der Waals surface area contributed by atoms with Crippen LogP contribution in [0.5, 0.6) is 0 Å². The highest BCUT2D eigenvalue weighted by Crippen LogP contribution is 2.15. The van der Waals surface area contributed by atoms with Crippen molar-refractivity contribution < 1.29 is 27.8 Å². The first-order valence-electron chi connectivity index (χ1n) is 3.92. The Kier molecular flexibility index (Phi) is 5.47. The molecular weight excluding hydrogens is 203 g/mol. The van der Waals surface area contributed by atoms with Gasteiger partial charge in [-0.05, 0) is 7.05 Å². The van der Waals surface area contributed by atoms with Crippen LogP contribution in [0, 0.1) is 0 Å². The van der Waals surface area contributed by atoms with E-state index in [1.54, 1.807) is 0 Å². The van der Waals surface area contributed by atoms with E-state index in [1.165, 1.54) is 11.9 Å². The number of nitrogens with zero attached hydrogens (tertiary/aromatic N) is 1. The molecular formula is C7H12F3NO3. The number of carbonyl (C=O) groups is 1. The minimum absolute atomic E-state index is 0.0484. The Morgan fingerprint density at radius 1 is 1.43 bits per heavy atom. The van der Waals surface area contributed by atoms with E-state index in [1.807, 2.05) is 0 Å². The summed E-state index contributed by atoms with van der Waals surface area (Å²) in [5.41, 5.74) is 0. The Hall–Kier alpha value is -0.820. The molecule has 84 valence electrons. The average molecular weight is 215 g/mol. The largest absolute Gasteiger partial charge is 0.522 e. The van der Waals surface area contributed by atoms with E-state index >= 15 is 0 Å². The van der Waals surface area contributed by atoms with E-state index in [4.69, 9.17) is 5.11 Å². The number of ether oxygens (including phenoxy) is 1. The number of carboxylic acid groups (broad SMARTS) is 1. The van der Waals surface area contributed by atoms with Crippen LogP contribution in [0.3, 0.4) is 0 Å². The van der Waals surface area contributed by atoms with Crippen molar-refractivity contribution in [3.8, 4) is 0 Å². The van der Waals surface area contributed by atoms with Gasteiger partial charge in [0.1, 0.15) is 0 Å². The topological polar surface area (TPSA) is 49.8 Å². The summed E-state index contributed by atoms with van der Waals surface area (Å²) in [5.74, 6) is -0.978. The predicted octanol–water partition coefficient (Wildman–Crippen LogP) is 0.929. The highest BCUT2D eigenvalue weighted by Gasteiger charge is 2.28. The first-order chi connectivity index (χ1) is 6.31. The maximum atomic E-state index is 11.5. The Bertz CT molecular complexity index is 184. The van der Waals surface area contributed by atoms with Crippen LogP contribution in [0.2, 0.25) is 0 Å². The van der Waals surface area contributed by atoms with Gasteiger partial charge in [0.2, 0.25) is 0 Å². The van der Waals surface area contributed by atoms with Crippen molar-refractivity contribution in [2.75, 3.05) is 26.7 Å². The fraction of sp³-hybridized carbons (Fsp3) is 0.857. The molecule has 0 aromatic heterocycles. The van der Waals surface area contributed by atoms with Crippen LogP contribution in [0.15, 0.2) is 0 Å². The van der Waals surface area contributed by atoms with Crippen LogP contribution in [0.25, 0.3) is 0 Å². The third-order valence-electron chi connectivity index (χ3n) is 1.45. The van der Waals surface area contributed by atoms with E-state index in [-0.39, 0.29) is 19.5 Å². The second kappa shape index (κ2) is 5.82. The van der Waals surface area contributed by atoms with E-state index in [0.717, 1.165) is 0 Å². The molecule has 0 aromatic rings. The summed E-state index contributed by atoms with van der Waals surface area (Å²) in [7, 11) is 1.53. The Morgan fingerprint density at radius 3 is 2.43 bits per heavy atom. The van der Waals surface area contributed by atoms with Crippen molar-refractivity contribution in [1.82, 2.24) is 4.90 Å². The molecule has 14 heavy (non-hydrogen) atoms.